The van der Waals surface area contributed by atoms with Crippen LogP contribution in [0.5, 0.6) is 0 Å². The molecule has 0 aromatic rings. The molecule has 0 aromatic carbocycles. The fraction of sp³-hybridized carbons (Fsp3) is 0.964. The summed E-state index contributed by atoms with van der Waals surface area (Å²) in [7, 11) is 0. The first kappa shape index (κ1) is 21.9. The van der Waals surface area contributed by atoms with Crippen LogP contribution in [-0.2, 0) is 4.79 Å². The molecule has 0 aromatic heterocycles. The Morgan fingerprint density at radius 2 is 1.55 bits per heavy atom. The van der Waals surface area contributed by atoms with Crippen molar-refractivity contribution in [1.29, 1.82) is 0 Å². The first-order valence-corrected chi connectivity index (χ1v) is 13.2. The van der Waals surface area contributed by atoms with Gasteiger partial charge in [0, 0.05) is 12.3 Å². The molecule has 29 heavy (non-hydrogen) atoms. The predicted octanol–water partition coefficient (Wildman–Crippen LogP) is 7.92. The van der Waals surface area contributed by atoms with Crippen molar-refractivity contribution in [3.8, 4) is 0 Å². The predicted molar refractivity (Wildman–Crippen MR) is 123 cm³/mol. The van der Waals surface area contributed by atoms with Crippen LogP contribution < -0.4 is 0 Å². The number of hydrogen-bond acceptors (Lipinski definition) is 1. The smallest absolute Gasteiger partial charge is 0.136 e. The minimum Gasteiger partial charge on any atom is -0.299 e. The molecule has 166 valence electrons. The second kappa shape index (κ2) is 7.98. The van der Waals surface area contributed by atoms with Gasteiger partial charge in [-0.3, -0.25) is 4.79 Å². The van der Waals surface area contributed by atoms with Gasteiger partial charge >= 0.3 is 0 Å². The Labute approximate surface area is 181 Å². The number of rotatable bonds is 5. The largest absolute Gasteiger partial charge is 0.299 e. The maximum absolute atomic E-state index is 12.8. The van der Waals surface area contributed by atoms with Crippen LogP contribution in [0.15, 0.2) is 0 Å². The van der Waals surface area contributed by atoms with E-state index in [9.17, 15) is 4.79 Å². The second-order valence-electron chi connectivity index (χ2n) is 12.8. The molecule has 0 radical (unpaired) electrons. The van der Waals surface area contributed by atoms with Crippen molar-refractivity contribution in [3.05, 3.63) is 0 Å². The average Bonchev–Trinajstić information content (AvgIpc) is 3.04. The Hall–Kier alpha value is -0.330. The van der Waals surface area contributed by atoms with Gasteiger partial charge in [0.2, 0.25) is 0 Å². The van der Waals surface area contributed by atoms with E-state index in [0.717, 1.165) is 36.0 Å². The van der Waals surface area contributed by atoms with Crippen LogP contribution in [0, 0.1) is 58.2 Å². The summed E-state index contributed by atoms with van der Waals surface area (Å²) in [6.07, 6.45) is 15.6. The van der Waals surface area contributed by atoms with Gasteiger partial charge < -0.3 is 0 Å². The van der Waals surface area contributed by atoms with Crippen molar-refractivity contribution in [2.24, 2.45) is 58.2 Å². The topological polar surface area (TPSA) is 17.1 Å². The van der Waals surface area contributed by atoms with E-state index in [1.165, 1.54) is 64.2 Å². The van der Waals surface area contributed by atoms with E-state index < -0.39 is 0 Å². The zero-order valence-corrected chi connectivity index (χ0v) is 20.3. The lowest BCUT2D eigenvalue weighted by Crippen LogP contribution is -2.53. The monoisotopic (exact) mass is 400 g/mol. The molecule has 0 saturated heterocycles. The Morgan fingerprint density at radius 1 is 0.828 bits per heavy atom. The normalized spacial score (nSPS) is 46.5. The molecule has 1 unspecified atom stereocenters. The molecular formula is C28H48O. The van der Waals surface area contributed by atoms with Gasteiger partial charge in [-0.15, -0.1) is 0 Å². The van der Waals surface area contributed by atoms with Crippen molar-refractivity contribution in [1.82, 2.24) is 0 Å². The van der Waals surface area contributed by atoms with Gasteiger partial charge in [0.15, 0.2) is 0 Å². The zero-order chi connectivity index (χ0) is 21.0. The lowest BCUT2D eigenvalue weighted by Gasteiger charge is -2.61. The van der Waals surface area contributed by atoms with Crippen LogP contribution in [0.4, 0.5) is 0 Å². The highest BCUT2D eigenvalue weighted by Crippen LogP contribution is 2.68. The molecule has 0 aliphatic heterocycles. The fourth-order valence-electron chi connectivity index (χ4n) is 9.29. The van der Waals surface area contributed by atoms with Gasteiger partial charge in [0.05, 0.1) is 0 Å². The molecule has 9 atom stereocenters. The molecule has 0 spiro atoms. The number of Topliss-reactive ketones (excluding diaryl/α,β-unsaturated/α-hetero) is 1. The van der Waals surface area contributed by atoms with Crippen molar-refractivity contribution >= 4 is 5.78 Å². The quantitative estimate of drug-likeness (QED) is 0.458. The summed E-state index contributed by atoms with van der Waals surface area (Å²) < 4.78 is 0. The summed E-state index contributed by atoms with van der Waals surface area (Å²) in [4.78, 5) is 12.8. The van der Waals surface area contributed by atoms with Crippen molar-refractivity contribution in [2.45, 2.75) is 112 Å². The van der Waals surface area contributed by atoms with Crippen LogP contribution in [-0.4, -0.2) is 5.78 Å². The molecule has 4 fully saturated rings. The summed E-state index contributed by atoms with van der Waals surface area (Å²) in [6, 6.07) is 0. The van der Waals surface area contributed by atoms with E-state index in [4.69, 9.17) is 0 Å². The SMILES string of the molecule is CC(C)[C@@H](C)C(=O)C[C@@H](C)[C@H]1CC[C@H]2[C@@H]3CCC4CCCC[C@]4(C)[C@H]3CC[C@]12C. The first-order valence-electron chi connectivity index (χ1n) is 13.2. The number of hydrogen-bond donors (Lipinski definition) is 0. The molecule has 4 rings (SSSR count). The Kier molecular flexibility index (Phi) is 6.02. The molecule has 4 aliphatic rings. The van der Waals surface area contributed by atoms with Crippen LogP contribution in [0.25, 0.3) is 0 Å². The van der Waals surface area contributed by atoms with Gasteiger partial charge in [-0.25, -0.2) is 0 Å². The van der Waals surface area contributed by atoms with Crippen molar-refractivity contribution in [3.63, 3.8) is 0 Å². The Bertz CT molecular complexity index is 607. The van der Waals surface area contributed by atoms with E-state index in [1.54, 1.807) is 0 Å². The zero-order valence-electron chi connectivity index (χ0n) is 20.3. The lowest BCUT2D eigenvalue weighted by molar-refractivity contribution is -0.127. The molecular weight excluding hydrogens is 352 g/mol. The minimum absolute atomic E-state index is 0.222. The van der Waals surface area contributed by atoms with Crippen molar-refractivity contribution < 1.29 is 4.79 Å². The van der Waals surface area contributed by atoms with E-state index in [-0.39, 0.29) is 5.92 Å². The Morgan fingerprint density at radius 3 is 2.28 bits per heavy atom. The average molecular weight is 401 g/mol. The third-order valence-corrected chi connectivity index (χ3v) is 11.4. The van der Waals surface area contributed by atoms with E-state index in [0.29, 0.717) is 28.4 Å². The molecule has 0 heterocycles. The van der Waals surface area contributed by atoms with E-state index in [2.05, 4.69) is 41.5 Å². The maximum atomic E-state index is 12.8. The summed E-state index contributed by atoms with van der Waals surface area (Å²) >= 11 is 0. The molecule has 0 amide bonds. The van der Waals surface area contributed by atoms with Crippen LogP contribution in [0.3, 0.4) is 0 Å². The van der Waals surface area contributed by atoms with Gasteiger partial charge in [0.1, 0.15) is 5.78 Å². The fourth-order valence-corrected chi connectivity index (χ4v) is 9.29. The molecule has 4 saturated carbocycles. The van der Waals surface area contributed by atoms with Crippen LogP contribution in [0.1, 0.15) is 112 Å². The lowest BCUT2D eigenvalue weighted by atomic mass is 9.44. The third-order valence-electron chi connectivity index (χ3n) is 11.4. The third kappa shape index (κ3) is 3.55. The van der Waals surface area contributed by atoms with E-state index in [1.807, 2.05) is 0 Å². The molecule has 0 bridgehead atoms. The number of ketones is 1. The van der Waals surface area contributed by atoms with Gasteiger partial charge in [-0.05, 0) is 104 Å². The standard InChI is InChI=1S/C28H48O/c1-18(2)20(4)26(29)17-19(3)23-12-13-24-22-11-10-21-9-7-8-15-27(21,5)25(22)14-16-28(23,24)6/h18-25H,7-17H2,1-6H3/t19-,20-,21?,22+,23-,24+,25+,27+,28-/m1/s1. The highest BCUT2D eigenvalue weighted by atomic mass is 16.1. The van der Waals surface area contributed by atoms with Gasteiger partial charge in [-0.1, -0.05) is 54.4 Å². The maximum Gasteiger partial charge on any atom is 0.136 e. The van der Waals surface area contributed by atoms with Gasteiger partial charge in [-0.2, -0.15) is 0 Å². The van der Waals surface area contributed by atoms with E-state index >= 15 is 0 Å². The minimum atomic E-state index is 0.222. The number of fused-ring (bicyclic) bond motifs is 5. The molecule has 4 aliphatic carbocycles. The summed E-state index contributed by atoms with van der Waals surface area (Å²) in [6.45, 7) is 14.3. The second-order valence-corrected chi connectivity index (χ2v) is 12.8. The first-order chi connectivity index (χ1) is 13.7. The molecule has 0 N–H and O–H groups in total. The highest BCUT2D eigenvalue weighted by molar-refractivity contribution is 5.81. The highest BCUT2D eigenvalue weighted by Gasteiger charge is 2.60. The molecule has 1 heteroatoms. The number of carbonyl (C=O) groups is 1. The Balaban J connectivity index is 1.48. The van der Waals surface area contributed by atoms with Crippen LogP contribution >= 0.6 is 0 Å². The summed E-state index contributed by atoms with van der Waals surface area (Å²) in [5.74, 6) is 6.49. The molecule has 1 nitrogen and oxygen atoms in total. The van der Waals surface area contributed by atoms with Crippen LogP contribution in [0.2, 0.25) is 0 Å². The summed E-state index contributed by atoms with van der Waals surface area (Å²) in [5, 5.41) is 0. The number of carbonyl (C=O) groups excluding carboxylic acids is 1. The summed E-state index contributed by atoms with van der Waals surface area (Å²) in [5.41, 5.74) is 1.15. The van der Waals surface area contributed by atoms with Crippen molar-refractivity contribution in [2.75, 3.05) is 0 Å². The van der Waals surface area contributed by atoms with Gasteiger partial charge in [0.25, 0.3) is 0 Å².